The Labute approximate surface area is 101 Å². The molecule has 1 heterocycles. The van der Waals surface area contributed by atoms with Gasteiger partial charge in [-0.15, -0.1) is 0 Å². The fourth-order valence-corrected chi connectivity index (χ4v) is 2.28. The zero-order valence-electron chi connectivity index (χ0n) is 8.95. The Morgan fingerprint density at radius 3 is 2.69 bits per heavy atom. The van der Waals surface area contributed by atoms with Gasteiger partial charge in [-0.1, -0.05) is 26.0 Å². The van der Waals surface area contributed by atoms with Crippen LogP contribution in [0.5, 0.6) is 0 Å². The first-order valence-electron chi connectivity index (χ1n) is 4.96. The van der Waals surface area contributed by atoms with Crippen molar-refractivity contribution in [3.63, 3.8) is 0 Å². The SMILES string of the molecule is CC(C)c1c(C(=O)O)oc2c(Br)cccc12. The van der Waals surface area contributed by atoms with E-state index in [0.29, 0.717) is 5.58 Å². The highest BCUT2D eigenvalue weighted by molar-refractivity contribution is 9.10. The van der Waals surface area contributed by atoms with E-state index in [1.807, 2.05) is 32.0 Å². The number of hydrogen-bond acceptors (Lipinski definition) is 2. The van der Waals surface area contributed by atoms with E-state index in [1.54, 1.807) is 0 Å². The van der Waals surface area contributed by atoms with Crippen molar-refractivity contribution < 1.29 is 14.3 Å². The van der Waals surface area contributed by atoms with Crippen LogP contribution in [0.25, 0.3) is 11.0 Å². The van der Waals surface area contributed by atoms with E-state index >= 15 is 0 Å². The molecule has 0 saturated heterocycles. The van der Waals surface area contributed by atoms with Gasteiger partial charge in [0.25, 0.3) is 0 Å². The molecule has 0 aliphatic carbocycles. The van der Waals surface area contributed by atoms with Gasteiger partial charge in [-0.3, -0.25) is 0 Å². The zero-order chi connectivity index (χ0) is 11.9. The van der Waals surface area contributed by atoms with Crippen molar-refractivity contribution in [2.24, 2.45) is 0 Å². The van der Waals surface area contributed by atoms with Crippen LogP contribution in [0.1, 0.15) is 35.9 Å². The van der Waals surface area contributed by atoms with Crippen LogP contribution in [0.2, 0.25) is 0 Å². The predicted molar refractivity (Wildman–Crippen MR) is 65.0 cm³/mol. The minimum atomic E-state index is -1.02. The maximum atomic E-state index is 11.1. The monoisotopic (exact) mass is 282 g/mol. The highest BCUT2D eigenvalue weighted by atomic mass is 79.9. The molecule has 0 amide bonds. The van der Waals surface area contributed by atoms with Gasteiger partial charge in [-0.2, -0.15) is 0 Å². The second-order valence-electron chi connectivity index (χ2n) is 3.92. The van der Waals surface area contributed by atoms with Crippen LogP contribution in [0, 0.1) is 0 Å². The second-order valence-corrected chi connectivity index (χ2v) is 4.78. The molecule has 0 bridgehead atoms. The molecular weight excluding hydrogens is 272 g/mol. The van der Waals surface area contributed by atoms with E-state index in [0.717, 1.165) is 15.4 Å². The van der Waals surface area contributed by atoms with E-state index < -0.39 is 5.97 Å². The molecule has 0 aliphatic heterocycles. The van der Waals surface area contributed by atoms with Gasteiger partial charge in [0.15, 0.2) is 0 Å². The first-order valence-corrected chi connectivity index (χ1v) is 5.76. The molecule has 0 aliphatic rings. The molecule has 84 valence electrons. The fraction of sp³-hybridized carbons (Fsp3) is 0.250. The van der Waals surface area contributed by atoms with Crippen LogP contribution in [-0.2, 0) is 0 Å². The van der Waals surface area contributed by atoms with Crippen LogP contribution < -0.4 is 0 Å². The van der Waals surface area contributed by atoms with E-state index in [1.165, 1.54) is 0 Å². The molecule has 0 fully saturated rings. The van der Waals surface area contributed by atoms with Crippen LogP contribution >= 0.6 is 15.9 Å². The third-order valence-corrected chi connectivity index (χ3v) is 3.10. The first-order chi connectivity index (χ1) is 7.52. The number of fused-ring (bicyclic) bond motifs is 1. The van der Waals surface area contributed by atoms with Gasteiger partial charge in [0.05, 0.1) is 4.47 Å². The standard InChI is InChI=1S/C12H11BrO3/c1-6(2)9-7-4-3-5-8(13)10(7)16-11(9)12(14)15/h3-6H,1-2H3,(H,14,15). The van der Waals surface area contributed by atoms with Crippen LogP contribution in [0.3, 0.4) is 0 Å². The second kappa shape index (κ2) is 3.94. The van der Waals surface area contributed by atoms with Crippen molar-refractivity contribution in [1.82, 2.24) is 0 Å². The third-order valence-electron chi connectivity index (χ3n) is 2.48. The molecule has 2 aromatic rings. The molecule has 1 aromatic carbocycles. The number of halogens is 1. The van der Waals surface area contributed by atoms with Gasteiger partial charge < -0.3 is 9.52 Å². The molecular formula is C12H11BrO3. The Kier molecular flexibility index (Phi) is 2.76. The van der Waals surface area contributed by atoms with E-state index in [4.69, 9.17) is 9.52 Å². The molecule has 0 atom stereocenters. The summed E-state index contributed by atoms with van der Waals surface area (Å²) in [6, 6.07) is 5.59. The predicted octanol–water partition coefficient (Wildman–Crippen LogP) is 4.02. The van der Waals surface area contributed by atoms with Crippen molar-refractivity contribution >= 4 is 32.9 Å². The summed E-state index contributed by atoms with van der Waals surface area (Å²) in [7, 11) is 0. The molecule has 0 spiro atoms. The number of carbonyl (C=O) groups is 1. The summed E-state index contributed by atoms with van der Waals surface area (Å²) < 4.78 is 6.18. The number of rotatable bonds is 2. The molecule has 2 rings (SSSR count). The molecule has 3 nitrogen and oxygen atoms in total. The molecule has 0 saturated carbocycles. The lowest BCUT2D eigenvalue weighted by atomic mass is 9.99. The molecule has 1 aromatic heterocycles. The number of hydrogen-bond donors (Lipinski definition) is 1. The average molecular weight is 283 g/mol. The number of aromatic carboxylic acids is 1. The number of benzene rings is 1. The van der Waals surface area contributed by atoms with Gasteiger partial charge in [0.2, 0.25) is 5.76 Å². The average Bonchev–Trinajstić information content (AvgIpc) is 2.58. The topological polar surface area (TPSA) is 50.4 Å². The smallest absolute Gasteiger partial charge is 0.372 e. The summed E-state index contributed by atoms with van der Waals surface area (Å²) in [5.41, 5.74) is 1.35. The van der Waals surface area contributed by atoms with Crippen molar-refractivity contribution in [1.29, 1.82) is 0 Å². The Balaban J connectivity index is 2.86. The Bertz CT molecular complexity index is 555. The molecule has 4 heteroatoms. The minimum absolute atomic E-state index is 0.0388. The maximum absolute atomic E-state index is 11.1. The van der Waals surface area contributed by atoms with Crippen molar-refractivity contribution in [3.8, 4) is 0 Å². The van der Waals surface area contributed by atoms with Crippen molar-refractivity contribution in [3.05, 3.63) is 34.0 Å². The van der Waals surface area contributed by atoms with E-state index in [9.17, 15) is 4.79 Å². The van der Waals surface area contributed by atoms with Crippen LogP contribution in [0.15, 0.2) is 27.1 Å². The minimum Gasteiger partial charge on any atom is -0.475 e. The quantitative estimate of drug-likeness (QED) is 0.905. The summed E-state index contributed by atoms with van der Waals surface area (Å²) in [5, 5.41) is 9.96. The fourth-order valence-electron chi connectivity index (χ4n) is 1.84. The van der Waals surface area contributed by atoms with Crippen LogP contribution in [-0.4, -0.2) is 11.1 Å². The lowest BCUT2D eigenvalue weighted by molar-refractivity contribution is 0.0662. The molecule has 0 unspecified atom stereocenters. The largest absolute Gasteiger partial charge is 0.475 e. The molecule has 1 N–H and O–H groups in total. The van der Waals surface area contributed by atoms with E-state index in [-0.39, 0.29) is 11.7 Å². The number of carboxylic acid groups (broad SMARTS) is 1. The summed E-state index contributed by atoms with van der Waals surface area (Å²) in [4.78, 5) is 11.1. The van der Waals surface area contributed by atoms with E-state index in [2.05, 4.69) is 15.9 Å². The lowest BCUT2D eigenvalue weighted by Crippen LogP contribution is -2.00. The summed E-state index contributed by atoms with van der Waals surface area (Å²) in [6.45, 7) is 3.91. The highest BCUT2D eigenvalue weighted by Crippen LogP contribution is 2.35. The number of para-hydroxylation sites is 1. The summed E-state index contributed by atoms with van der Waals surface area (Å²) in [5.74, 6) is -0.870. The normalized spacial score (nSPS) is 11.2. The molecule has 16 heavy (non-hydrogen) atoms. The Morgan fingerprint density at radius 2 is 2.12 bits per heavy atom. The lowest BCUT2D eigenvalue weighted by Gasteiger charge is -2.02. The van der Waals surface area contributed by atoms with Crippen LogP contribution in [0.4, 0.5) is 0 Å². The third kappa shape index (κ3) is 1.63. The zero-order valence-corrected chi connectivity index (χ0v) is 10.5. The number of furan rings is 1. The summed E-state index contributed by atoms with van der Waals surface area (Å²) in [6.07, 6.45) is 0. The van der Waals surface area contributed by atoms with Crippen molar-refractivity contribution in [2.45, 2.75) is 19.8 Å². The van der Waals surface area contributed by atoms with Gasteiger partial charge in [0, 0.05) is 10.9 Å². The highest BCUT2D eigenvalue weighted by Gasteiger charge is 2.22. The van der Waals surface area contributed by atoms with Gasteiger partial charge in [0.1, 0.15) is 5.58 Å². The van der Waals surface area contributed by atoms with Gasteiger partial charge in [-0.25, -0.2) is 4.79 Å². The Hall–Kier alpha value is -1.29. The summed E-state index contributed by atoms with van der Waals surface area (Å²) >= 11 is 3.36. The van der Waals surface area contributed by atoms with Gasteiger partial charge in [-0.05, 0) is 27.9 Å². The Morgan fingerprint density at radius 1 is 1.44 bits per heavy atom. The first kappa shape index (κ1) is 11.2. The van der Waals surface area contributed by atoms with Crippen molar-refractivity contribution in [2.75, 3.05) is 0 Å². The maximum Gasteiger partial charge on any atom is 0.372 e. The van der Waals surface area contributed by atoms with Gasteiger partial charge >= 0.3 is 5.97 Å². The molecule has 0 radical (unpaired) electrons. The number of carboxylic acids is 1.